The second kappa shape index (κ2) is 4.14. The molecule has 0 aromatic rings. The van der Waals surface area contributed by atoms with Crippen molar-refractivity contribution in [3.05, 3.63) is 0 Å². The molecule has 4 nitrogen and oxygen atoms in total. The van der Waals surface area contributed by atoms with Gasteiger partial charge in [0.1, 0.15) is 0 Å². The average Bonchev–Trinajstić information content (AvgIpc) is 1.63. The minimum Gasteiger partial charge on any atom is -0.383 e. The number of ether oxygens (including phenoxy) is 1. The van der Waals surface area contributed by atoms with E-state index in [2.05, 4.69) is 5.32 Å². The molecule has 1 atom stereocenters. The summed E-state index contributed by atoms with van der Waals surface area (Å²) in [4.78, 5) is 0. The molecule has 54 valence electrons. The Balaban J connectivity index is 3.26. The molecule has 0 fully saturated rings. The first-order valence-electron chi connectivity index (χ1n) is 2.76. The van der Waals surface area contributed by atoms with E-state index in [0.717, 1.165) is 0 Å². The Hall–Kier alpha value is -0.770. The van der Waals surface area contributed by atoms with Gasteiger partial charge in [0.25, 0.3) is 0 Å². The lowest BCUT2D eigenvalue weighted by molar-refractivity contribution is 0.179. The van der Waals surface area contributed by atoms with Crippen molar-refractivity contribution in [3.8, 4) is 0 Å². The third-order valence-corrected chi connectivity index (χ3v) is 0.819. The molecule has 0 aromatic carbocycles. The zero-order valence-electron chi connectivity index (χ0n) is 5.77. The largest absolute Gasteiger partial charge is 0.383 e. The third-order valence-electron chi connectivity index (χ3n) is 0.819. The van der Waals surface area contributed by atoms with Gasteiger partial charge in [0, 0.05) is 13.2 Å². The highest BCUT2D eigenvalue weighted by atomic mass is 16.5. The fourth-order valence-electron chi connectivity index (χ4n) is 0.557. The summed E-state index contributed by atoms with van der Waals surface area (Å²) in [6.07, 6.45) is 0. The highest BCUT2D eigenvalue weighted by Crippen LogP contribution is 1.78. The van der Waals surface area contributed by atoms with Crippen LogP contribution in [-0.4, -0.2) is 25.7 Å². The molecule has 0 aliphatic rings. The fourth-order valence-corrected chi connectivity index (χ4v) is 0.557. The summed E-state index contributed by atoms with van der Waals surface area (Å²) in [6.45, 7) is 2.46. The number of methoxy groups -OCH3 is 1. The summed E-state index contributed by atoms with van der Waals surface area (Å²) >= 11 is 0. The Morgan fingerprint density at radius 3 is 2.78 bits per heavy atom. The normalized spacial score (nSPS) is 12.7. The van der Waals surface area contributed by atoms with Crippen LogP contribution in [0.4, 0.5) is 0 Å². The van der Waals surface area contributed by atoms with Crippen molar-refractivity contribution >= 4 is 5.96 Å². The van der Waals surface area contributed by atoms with Crippen LogP contribution in [0.5, 0.6) is 0 Å². The first kappa shape index (κ1) is 8.23. The summed E-state index contributed by atoms with van der Waals surface area (Å²) < 4.78 is 4.79. The van der Waals surface area contributed by atoms with E-state index in [4.69, 9.17) is 15.9 Å². The summed E-state index contributed by atoms with van der Waals surface area (Å²) in [5.74, 6) is -0.0143. The second-order valence-corrected chi connectivity index (χ2v) is 1.91. The summed E-state index contributed by atoms with van der Waals surface area (Å²) in [5, 5.41) is 9.49. The van der Waals surface area contributed by atoms with Crippen molar-refractivity contribution in [1.82, 2.24) is 5.32 Å². The molecule has 9 heavy (non-hydrogen) atoms. The molecule has 0 radical (unpaired) electrons. The van der Waals surface area contributed by atoms with Crippen molar-refractivity contribution in [2.24, 2.45) is 5.73 Å². The molecular weight excluding hydrogens is 118 g/mol. The number of hydrogen-bond donors (Lipinski definition) is 3. The minimum atomic E-state index is -0.0143. The zero-order valence-corrected chi connectivity index (χ0v) is 5.77. The molecule has 0 bridgehead atoms. The maximum Gasteiger partial charge on any atom is 0.185 e. The summed E-state index contributed by atoms with van der Waals surface area (Å²) in [6, 6.07) is 0.118. The molecule has 1 unspecified atom stereocenters. The van der Waals surface area contributed by atoms with Crippen LogP contribution in [0.15, 0.2) is 0 Å². The van der Waals surface area contributed by atoms with Crippen LogP contribution in [-0.2, 0) is 4.74 Å². The van der Waals surface area contributed by atoms with Gasteiger partial charge in [0.15, 0.2) is 5.96 Å². The molecule has 0 aliphatic carbocycles. The van der Waals surface area contributed by atoms with Crippen molar-refractivity contribution in [1.29, 1.82) is 5.41 Å². The Labute approximate surface area is 54.9 Å². The first-order chi connectivity index (χ1) is 4.16. The van der Waals surface area contributed by atoms with E-state index in [1.807, 2.05) is 6.92 Å². The molecule has 0 spiro atoms. The monoisotopic (exact) mass is 131 g/mol. The zero-order chi connectivity index (χ0) is 7.28. The van der Waals surface area contributed by atoms with Gasteiger partial charge in [0.05, 0.1) is 6.61 Å². The van der Waals surface area contributed by atoms with Crippen LogP contribution in [0.25, 0.3) is 0 Å². The predicted molar refractivity (Wildman–Crippen MR) is 36.4 cm³/mol. The highest BCUT2D eigenvalue weighted by Gasteiger charge is 1.98. The van der Waals surface area contributed by atoms with Crippen LogP contribution in [0.3, 0.4) is 0 Å². The maximum atomic E-state index is 6.81. The number of hydrogen-bond acceptors (Lipinski definition) is 2. The standard InChI is InChI=1S/C5H13N3O/c1-4(3-9-2)8-5(6)7/h4H,3H2,1-2H3,(H4,6,7,8). The molecule has 0 rings (SSSR count). The number of guanidine groups is 1. The van der Waals surface area contributed by atoms with E-state index in [-0.39, 0.29) is 12.0 Å². The Morgan fingerprint density at radius 1 is 1.89 bits per heavy atom. The molecule has 0 saturated carbocycles. The molecule has 0 saturated heterocycles. The number of nitrogens with two attached hydrogens (primary N) is 1. The Bertz CT molecular complexity index is 94.2. The van der Waals surface area contributed by atoms with Gasteiger partial charge >= 0.3 is 0 Å². The highest BCUT2D eigenvalue weighted by molar-refractivity contribution is 5.74. The maximum absolute atomic E-state index is 6.81. The van der Waals surface area contributed by atoms with Gasteiger partial charge in [-0.2, -0.15) is 0 Å². The summed E-state index contributed by atoms with van der Waals surface area (Å²) in [7, 11) is 1.61. The SMILES string of the molecule is COCC(C)NC(=N)N. The molecule has 0 aromatic heterocycles. The smallest absolute Gasteiger partial charge is 0.185 e. The van der Waals surface area contributed by atoms with E-state index in [1.54, 1.807) is 7.11 Å². The van der Waals surface area contributed by atoms with Gasteiger partial charge in [0.2, 0.25) is 0 Å². The third kappa shape index (κ3) is 5.10. The van der Waals surface area contributed by atoms with E-state index in [9.17, 15) is 0 Å². The Morgan fingerprint density at radius 2 is 2.44 bits per heavy atom. The fraction of sp³-hybridized carbons (Fsp3) is 0.800. The van der Waals surface area contributed by atoms with Gasteiger partial charge in [-0.15, -0.1) is 0 Å². The number of nitrogens with one attached hydrogen (secondary N) is 2. The van der Waals surface area contributed by atoms with Gasteiger partial charge in [-0.1, -0.05) is 0 Å². The minimum absolute atomic E-state index is 0.0143. The van der Waals surface area contributed by atoms with Crippen LogP contribution < -0.4 is 11.1 Å². The second-order valence-electron chi connectivity index (χ2n) is 1.91. The lowest BCUT2D eigenvalue weighted by atomic mass is 10.4. The van der Waals surface area contributed by atoms with Crippen LogP contribution in [0.2, 0.25) is 0 Å². The van der Waals surface area contributed by atoms with E-state index in [1.165, 1.54) is 0 Å². The topological polar surface area (TPSA) is 71.1 Å². The van der Waals surface area contributed by atoms with Crippen molar-refractivity contribution in [3.63, 3.8) is 0 Å². The molecule has 0 aliphatic heterocycles. The quantitative estimate of drug-likeness (QED) is 0.357. The van der Waals surface area contributed by atoms with Crippen LogP contribution in [0, 0.1) is 5.41 Å². The van der Waals surface area contributed by atoms with E-state index >= 15 is 0 Å². The van der Waals surface area contributed by atoms with Crippen molar-refractivity contribution in [2.75, 3.05) is 13.7 Å². The lowest BCUT2D eigenvalue weighted by Crippen LogP contribution is -2.39. The van der Waals surface area contributed by atoms with Crippen LogP contribution in [0.1, 0.15) is 6.92 Å². The molecular formula is C5H13N3O. The van der Waals surface area contributed by atoms with Crippen molar-refractivity contribution < 1.29 is 4.74 Å². The van der Waals surface area contributed by atoms with Crippen molar-refractivity contribution in [2.45, 2.75) is 13.0 Å². The molecule has 4 N–H and O–H groups in total. The van der Waals surface area contributed by atoms with Gasteiger partial charge in [-0.25, -0.2) is 0 Å². The average molecular weight is 131 g/mol. The molecule has 4 heteroatoms. The van der Waals surface area contributed by atoms with E-state index in [0.29, 0.717) is 6.61 Å². The summed E-state index contributed by atoms with van der Waals surface area (Å²) in [5.41, 5.74) is 5.04. The molecule has 0 amide bonds. The molecule has 0 heterocycles. The lowest BCUT2D eigenvalue weighted by Gasteiger charge is -2.10. The van der Waals surface area contributed by atoms with Crippen LogP contribution >= 0.6 is 0 Å². The predicted octanol–water partition coefficient (Wildman–Crippen LogP) is -0.496. The van der Waals surface area contributed by atoms with E-state index < -0.39 is 0 Å². The number of rotatable bonds is 3. The first-order valence-corrected chi connectivity index (χ1v) is 2.76. The van der Waals surface area contributed by atoms with Gasteiger partial charge in [-0.3, -0.25) is 5.41 Å². The Kier molecular flexibility index (Phi) is 3.79. The van der Waals surface area contributed by atoms with Gasteiger partial charge in [-0.05, 0) is 6.92 Å². The van der Waals surface area contributed by atoms with Gasteiger partial charge < -0.3 is 15.8 Å².